The zero-order valence-corrected chi connectivity index (χ0v) is 10.4. The molecule has 0 aliphatic rings. The Labute approximate surface area is 105 Å². The molecule has 0 unspecified atom stereocenters. The molecule has 1 aromatic carbocycles. The van der Waals surface area contributed by atoms with E-state index in [-0.39, 0.29) is 6.54 Å². The minimum atomic E-state index is -2.37. The summed E-state index contributed by atoms with van der Waals surface area (Å²) in [6, 6.07) is 7.84. The predicted molar refractivity (Wildman–Crippen MR) is 66.4 cm³/mol. The molecule has 0 radical (unpaired) electrons. The second-order valence-electron chi connectivity index (χ2n) is 3.35. The number of rotatable bonds is 3. The number of nitrogens with zero attached hydrogens (tertiary/aromatic N) is 2. The summed E-state index contributed by atoms with van der Waals surface area (Å²) in [6.45, 7) is -0.357. The second-order valence-corrected chi connectivity index (χ2v) is 4.59. The molecule has 84 valence electrons. The molecule has 0 fully saturated rings. The number of hydrogen-bond donors (Lipinski definition) is 0. The molecule has 0 saturated carbocycles. The van der Waals surface area contributed by atoms with Crippen LogP contribution in [-0.4, -0.2) is 16.2 Å². The Kier molecular flexibility index (Phi) is 3.52. The van der Waals surface area contributed by atoms with E-state index >= 15 is 0 Å². The van der Waals surface area contributed by atoms with Gasteiger partial charge in [0.15, 0.2) is 0 Å². The van der Waals surface area contributed by atoms with Crippen molar-refractivity contribution in [3.8, 4) is 11.1 Å². The van der Waals surface area contributed by atoms with Crippen LogP contribution in [0.1, 0.15) is 0 Å². The van der Waals surface area contributed by atoms with Crippen LogP contribution in [0.5, 0.6) is 0 Å². The van der Waals surface area contributed by atoms with Crippen molar-refractivity contribution >= 4 is 22.6 Å². The van der Waals surface area contributed by atoms with Crippen LogP contribution in [0.2, 0.25) is 0 Å². The maximum Gasteiger partial charge on any atom is 0.257 e. The van der Waals surface area contributed by atoms with Gasteiger partial charge in [-0.25, -0.2) is 8.78 Å². The zero-order valence-electron chi connectivity index (χ0n) is 8.28. The molecule has 1 heterocycles. The van der Waals surface area contributed by atoms with Crippen molar-refractivity contribution in [2.45, 2.75) is 13.0 Å². The van der Waals surface area contributed by atoms with E-state index in [9.17, 15) is 8.78 Å². The Morgan fingerprint density at radius 1 is 1.19 bits per heavy atom. The third-order valence-electron chi connectivity index (χ3n) is 2.14. The van der Waals surface area contributed by atoms with E-state index in [1.165, 1.54) is 4.68 Å². The first-order valence-electron chi connectivity index (χ1n) is 4.72. The molecule has 2 nitrogen and oxygen atoms in total. The van der Waals surface area contributed by atoms with Gasteiger partial charge in [-0.15, -0.1) is 0 Å². The summed E-state index contributed by atoms with van der Waals surface area (Å²) in [5, 5.41) is 3.89. The SMILES string of the molecule is FC(F)Cn1cc(-c2ccc(I)cc2)cn1. The summed E-state index contributed by atoms with van der Waals surface area (Å²) in [7, 11) is 0. The molecular formula is C11H9F2IN2. The molecule has 0 spiro atoms. The molecule has 0 saturated heterocycles. The highest BCUT2D eigenvalue weighted by Gasteiger charge is 2.06. The molecule has 0 N–H and O–H groups in total. The third-order valence-corrected chi connectivity index (χ3v) is 2.86. The van der Waals surface area contributed by atoms with Gasteiger partial charge in [-0.1, -0.05) is 12.1 Å². The lowest BCUT2D eigenvalue weighted by molar-refractivity contribution is 0.122. The lowest BCUT2D eigenvalue weighted by Crippen LogP contribution is -2.06. The van der Waals surface area contributed by atoms with Crippen molar-refractivity contribution in [3.05, 3.63) is 40.2 Å². The number of aromatic nitrogens is 2. The standard InChI is InChI=1S/C11H9F2IN2/c12-11(13)7-16-6-9(5-15-16)8-1-3-10(14)4-2-8/h1-6,11H,7H2. The first-order valence-corrected chi connectivity index (χ1v) is 5.79. The Morgan fingerprint density at radius 3 is 2.50 bits per heavy atom. The minimum absolute atomic E-state index is 0.357. The van der Waals surface area contributed by atoms with Crippen molar-refractivity contribution in [1.82, 2.24) is 9.78 Å². The van der Waals surface area contributed by atoms with Gasteiger partial charge in [-0.2, -0.15) is 5.10 Å². The Bertz CT molecular complexity index is 465. The summed E-state index contributed by atoms with van der Waals surface area (Å²) >= 11 is 2.22. The second kappa shape index (κ2) is 4.90. The van der Waals surface area contributed by atoms with E-state index < -0.39 is 6.43 Å². The molecular weight excluding hydrogens is 325 g/mol. The number of halogens is 3. The molecule has 0 amide bonds. The highest BCUT2D eigenvalue weighted by molar-refractivity contribution is 14.1. The van der Waals surface area contributed by atoms with Crippen molar-refractivity contribution in [1.29, 1.82) is 0 Å². The highest BCUT2D eigenvalue weighted by atomic mass is 127. The summed E-state index contributed by atoms with van der Waals surface area (Å²) in [4.78, 5) is 0. The van der Waals surface area contributed by atoms with Crippen LogP contribution in [0.4, 0.5) is 8.78 Å². The zero-order chi connectivity index (χ0) is 11.5. The van der Waals surface area contributed by atoms with Gasteiger partial charge in [0.1, 0.15) is 6.54 Å². The maximum atomic E-state index is 12.1. The van der Waals surface area contributed by atoms with Gasteiger partial charge < -0.3 is 0 Å². The molecule has 0 bridgehead atoms. The Hall–Kier alpha value is -0.980. The third kappa shape index (κ3) is 2.78. The largest absolute Gasteiger partial charge is 0.266 e. The smallest absolute Gasteiger partial charge is 0.257 e. The van der Waals surface area contributed by atoms with Gasteiger partial charge in [-0.3, -0.25) is 4.68 Å². The molecule has 2 rings (SSSR count). The predicted octanol–water partition coefficient (Wildman–Crippen LogP) is 3.42. The van der Waals surface area contributed by atoms with E-state index in [4.69, 9.17) is 0 Å². The summed E-state index contributed by atoms with van der Waals surface area (Å²) in [5.41, 5.74) is 1.85. The van der Waals surface area contributed by atoms with E-state index in [1.54, 1.807) is 12.4 Å². The molecule has 2 aromatic rings. The minimum Gasteiger partial charge on any atom is -0.266 e. The van der Waals surface area contributed by atoms with Crippen molar-refractivity contribution in [3.63, 3.8) is 0 Å². The molecule has 0 aliphatic carbocycles. The number of hydrogen-bond acceptors (Lipinski definition) is 1. The molecule has 5 heteroatoms. The van der Waals surface area contributed by atoms with Crippen LogP contribution in [0.3, 0.4) is 0 Å². The topological polar surface area (TPSA) is 17.8 Å². The van der Waals surface area contributed by atoms with Crippen LogP contribution in [0.25, 0.3) is 11.1 Å². The lowest BCUT2D eigenvalue weighted by Gasteiger charge is -1.99. The van der Waals surface area contributed by atoms with Gasteiger partial charge in [-0.05, 0) is 40.3 Å². The van der Waals surface area contributed by atoms with Crippen molar-refractivity contribution in [2.24, 2.45) is 0 Å². The average molecular weight is 334 g/mol. The number of benzene rings is 1. The van der Waals surface area contributed by atoms with Gasteiger partial charge in [0.2, 0.25) is 0 Å². The van der Waals surface area contributed by atoms with E-state index in [1.807, 2.05) is 24.3 Å². The lowest BCUT2D eigenvalue weighted by atomic mass is 10.1. The van der Waals surface area contributed by atoms with E-state index in [0.29, 0.717) is 0 Å². The fourth-order valence-corrected chi connectivity index (χ4v) is 1.76. The molecule has 1 aromatic heterocycles. The van der Waals surface area contributed by atoms with Gasteiger partial charge in [0.05, 0.1) is 6.20 Å². The molecule has 16 heavy (non-hydrogen) atoms. The van der Waals surface area contributed by atoms with Crippen LogP contribution in [-0.2, 0) is 6.54 Å². The Morgan fingerprint density at radius 2 is 1.88 bits per heavy atom. The van der Waals surface area contributed by atoms with Gasteiger partial charge >= 0.3 is 0 Å². The first kappa shape index (κ1) is 11.5. The molecule has 0 atom stereocenters. The van der Waals surface area contributed by atoms with Crippen LogP contribution < -0.4 is 0 Å². The fourth-order valence-electron chi connectivity index (χ4n) is 1.40. The summed E-state index contributed by atoms with van der Waals surface area (Å²) in [6.07, 6.45) is 0.864. The van der Waals surface area contributed by atoms with Gasteiger partial charge in [0.25, 0.3) is 6.43 Å². The van der Waals surface area contributed by atoms with E-state index in [2.05, 4.69) is 27.7 Å². The van der Waals surface area contributed by atoms with Crippen molar-refractivity contribution in [2.75, 3.05) is 0 Å². The fraction of sp³-hybridized carbons (Fsp3) is 0.182. The average Bonchev–Trinajstić information content (AvgIpc) is 2.66. The van der Waals surface area contributed by atoms with Crippen LogP contribution >= 0.6 is 22.6 Å². The van der Waals surface area contributed by atoms with E-state index in [0.717, 1.165) is 14.7 Å². The van der Waals surface area contributed by atoms with Crippen LogP contribution in [0, 0.1) is 3.57 Å². The highest BCUT2D eigenvalue weighted by Crippen LogP contribution is 2.19. The van der Waals surface area contributed by atoms with Gasteiger partial charge in [0, 0.05) is 15.3 Å². The maximum absolute atomic E-state index is 12.1. The van der Waals surface area contributed by atoms with Crippen molar-refractivity contribution < 1.29 is 8.78 Å². The quantitative estimate of drug-likeness (QED) is 0.787. The first-order chi connectivity index (χ1) is 7.65. The molecule has 0 aliphatic heterocycles. The Balaban J connectivity index is 2.21. The monoisotopic (exact) mass is 334 g/mol. The summed E-state index contributed by atoms with van der Waals surface area (Å²) < 4.78 is 26.6. The summed E-state index contributed by atoms with van der Waals surface area (Å²) in [5.74, 6) is 0. The number of alkyl halides is 2. The normalized spacial score (nSPS) is 11.0. The van der Waals surface area contributed by atoms with Crippen LogP contribution in [0.15, 0.2) is 36.7 Å².